The molecule has 272 valence electrons. The lowest BCUT2D eigenvalue weighted by molar-refractivity contribution is 0.596. The number of furan rings is 1. The van der Waals surface area contributed by atoms with Crippen molar-refractivity contribution in [3.63, 3.8) is 0 Å². The Labute approximate surface area is 336 Å². The third-order valence-corrected chi connectivity index (χ3v) is 12.3. The van der Waals surface area contributed by atoms with E-state index < -0.39 is 0 Å². The molecule has 0 unspecified atom stereocenters. The highest BCUT2D eigenvalue weighted by molar-refractivity contribution is 6.22. The van der Waals surface area contributed by atoms with Crippen molar-refractivity contribution < 1.29 is 4.42 Å². The molecule has 2 nitrogen and oxygen atoms in total. The molecule has 0 saturated heterocycles. The minimum absolute atomic E-state index is 0.976. The van der Waals surface area contributed by atoms with Crippen molar-refractivity contribution in [1.82, 2.24) is 4.57 Å². The smallest absolute Gasteiger partial charge is 0.142 e. The Kier molecular flexibility index (Phi) is 7.39. The monoisotopic (exact) mass is 739 g/mol. The Hall–Kier alpha value is -7.42. The zero-order chi connectivity index (χ0) is 38.2. The molecule has 58 heavy (non-hydrogen) atoms. The van der Waals surface area contributed by atoms with Gasteiger partial charge < -0.3 is 8.98 Å². The Morgan fingerprint density at radius 2 is 0.983 bits per heavy atom. The molecule has 2 aromatic heterocycles. The van der Waals surface area contributed by atoms with E-state index in [1.807, 2.05) is 0 Å². The number of allylic oxidation sites excluding steroid dienone is 1. The zero-order valence-corrected chi connectivity index (χ0v) is 31.8. The molecule has 1 aliphatic rings. The SMILES string of the molecule is C1=Cc2oc3c(-c4ccc5c(c4)c4ccccc4n5-c4cccc(-c5ccc6c(-c7ccccc7)c7ccccc7c(-c7ccccc7)c6c5)c4)cccc3c2CC1. The second-order valence-corrected chi connectivity index (χ2v) is 15.5. The van der Waals surface area contributed by atoms with Crippen LogP contribution in [0.25, 0.3) is 111 Å². The van der Waals surface area contributed by atoms with Gasteiger partial charge in [-0.2, -0.15) is 0 Å². The number of benzene rings is 9. The van der Waals surface area contributed by atoms with Gasteiger partial charge in [-0.05, 0) is 116 Å². The first kappa shape index (κ1) is 32.8. The summed E-state index contributed by atoms with van der Waals surface area (Å²) in [6.07, 6.45) is 6.43. The summed E-state index contributed by atoms with van der Waals surface area (Å²) < 4.78 is 8.95. The average Bonchev–Trinajstić information content (AvgIpc) is 3.84. The van der Waals surface area contributed by atoms with Crippen LogP contribution in [0.5, 0.6) is 0 Å². The minimum Gasteiger partial charge on any atom is -0.456 e. The van der Waals surface area contributed by atoms with Crippen LogP contribution in [0, 0.1) is 0 Å². The van der Waals surface area contributed by atoms with Crippen LogP contribution in [0.4, 0.5) is 0 Å². The number of rotatable bonds is 5. The van der Waals surface area contributed by atoms with Crippen LogP contribution < -0.4 is 0 Å². The third-order valence-electron chi connectivity index (χ3n) is 12.3. The van der Waals surface area contributed by atoms with Crippen LogP contribution >= 0.6 is 0 Å². The summed E-state index contributed by atoms with van der Waals surface area (Å²) in [5.74, 6) is 0.999. The number of aryl methyl sites for hydroxylation is 1. The van der Waals surface area contributed by atoms with E-state index in [-0.39, 0.29) is 0 Å². The summed E-state index contributed by atoms with van der Waals surface area (Å²) in [6.45, 7) is 0. The van der Waals surface area contributed by atoms with Crippen LogP contribution in [0.1, 0.15) is 17.7 Å². The molecular weight excluding hydrogens is 703 g/mol. The predicted octanol–water partition coefficient (Wildman–Crippen LogP) is 15.5. The van der Waals surface area contributed by atoms with E-state index in [0.717, 1.165) is 41.0 Å². The van der Waals surface area contributed by atoms with Crippen LogP contribution in [0.3, 0.4) is 0 Å². The van der Waals surface area contributed by atoms with E-state index in [1.165, 1.54) is 87.7 Å². The summed E-state index contributed by atoms with van der Waals surface area (Å²) in [6, 6.07) is 69.0. The highest BCUT2D eigenvalue weighted by Crippen LogP contribution is 2.45. The Balaban J connectivity index is 1.04. The first-order chi connectivity index (χ1) is 28.8. The lowest BCUT2D eigenvalue weighted by Gasteiger charge is -2.19. The Bertz CT molecular complexity index is 3440. The van der Waals surface area contributed by atoms with Crippen molar-refractivity contribution in [3.8, 4) is 50.2 Å². The molecule has 9 aromatic carbocycles. The molecular formula is C56H37NO. The number of hydrogen-bond donors (Lipinski definition) is 0. The van der Waals surface area contributed by atoms with Crippen molar-refractivity contribution >= 4 is 60.4 Å². The van der Waals surface area contributed by atoms with E-state index in [9.17, 15) is 0 Å². The quantitative estimate of drug-likeness (QED) is 0.161. The maximum atomic E-state index is 6.52. The molecule has 0 aliphatic heterocycles. The van der Waals surface area contributed by atoms with Gasteiger partial charge in [0.2, 0.25) is 0 Å². The number of fused-ring (bicyclic) bond motifs is 8. The fourth-order valence-electron chi connectivity index (χ4n) is 9.66. The first-order valence-corrected chi connectivity index (χ1v) is 20.2. The molecule has 0 fully saturated rings. The molecule has 0 radical (unpaired) electrons. The fourth-order valence-corrected chi connectivity index (χ4v) is 9.66. The van der Waals surface area contributed by atoms with Gasteiger partial charge in [-0.25, -0.2) is 0 Å². The largest absolute Gasteiger partial charge is 0.456 e. The summed E-state index contributed by atoms with van der Waals surface area (Å²) in [5, 5.41) is 8.72. The summed E-state index contributed by atoms with van der Waals surface area (Å²) in [5.41, 5.74) is 15.5. The van der Waals surface area contributed by atoms with Crippen molar-refractivity contribution in [2.24, 2.45) is 0 Å². The van der Waals surface area contributed by atoms with Crippen molar-refractivity contribution in [2.75, 3.05) is 0 Å². The molecule has 11 aromatic rings. The number of aromatic nitrogens is 1. The molecule has 0 amide bonds. The van der Waals surface area contributed by atoms with Gasteiger partial charge >= 0.3 is 0 Å². The lowest BCUT2D eigenvalue weighted by Crippen LogP contribution is -1.95. The van der Waals surface area contributed by atoms with E-state index in [1.54, 1.807) is 0 Å². The second-order valence-electron chi connectivity index (χ2n) is 15.5. The molecule has 2 heterocycles. The first-order valence-electron chi connectivity index (χ1n) is 20.2. The van der Waals surface area contributed by atoms with Gasteiger partial charge in [-0.3, -0.25) is 0 Å². The van der Waals surface area contributed by atoms with Crippen molar-refractivity contribution in [3.05, 3.63) is 205 Å². The van der Waals surface area contributed by atoms with Crippen LogP contribution in [0.2, 0.25) is 0 Å². The maximum Gasteiger partial charge on any atom is 0.142 e. The molecule has 0 bridgehead atoms. The van der Waals surface area contributed by atoms with Gasteiger partial charge in [0.05, 0.1) is 11.0 Å². The highest BCUT2D eigenvalue weighted by atomic mass is 16.3. The lowest BCUT2D eigenvalue weighted by atomic mass is 9.85. The van der Waals surface area contributed by atoms with Gasteiger partial charge in [-0.15, -0.1) is 0 Å². The Morgan fingerprint density at radius 1 is 0.397 bits per heavy atom. The fraction of sp³-hybridized carbons (Fsp3) is 0.0357. The predicted molar refractivity (Wildman–Crippen MR) is 245 cm³/mol. The second kappa shape index (κ2) is 13.1. The van der Waals surface area contributed by atoms with Crippen LogP contribution in [-0.4, -0.2) is 4.57 Å². The summed E-state index contributed by atoms with van der Waals surface area (Å²) in [4.78, 5) is 0. The Morgan fingerprint density at radius 3 is 1.78 bits per heavy atom. The average molecular weight is 740 g/mol. The number of hydrogen-bond acceptors (Lipinski definition) is 1. The van der Waals surface area contributed by atoms with E-state index in [2.05, 4.69) is 205 Å². The highest BCUT2D eigenvalue weighted by Gasteiger charge is 2.21. The van der Waals surface area contributed by atoms with E-state index in [0.29, 0.717) is 0 Å². The molecule has 0 saturated carbocycles. The van der Waals surface area contributed by atoms with E-state index >= 15 is 0 Å². The molecule has 0 atom stereocenters. The topological polar surface area (TPSA) is 18.1 Å². The number of nitrogens with zero attached hydrogens (tertiary/aromatic N) is 1. The molecule has 2 heteroatoms. The summed E-state index contributed by atoms with van der Waals surface area (Å²) >= 11 is 0. The molecule has 1 aliphatic carbocycles. The van der Waals surface area contributed by atoms with Crippen molar-refractivity contribution in [2.45, 2.75) is 12.8 Å². The zero-order valence-electron chi connectivity index (χ0n) is 31.8. The molecule has 0 spiro atoms. The molecule has 0 N–H and O–H groups in total. The maximum absolute atomic E-state index is 6.52. The van der Waals surface area contributed by atoms with Crippen molar-refractivity contribution in [1.29, 1.82) is 0 Å². The van der Waals surface area contributed by atoms with Gasteiger partial charge in [0.25, 0.3) is 0 Å². The summed E-state index contributed by atoms with van der Waals surface area (Å²) in [7, 11) is 0. The van der Waals surface area contributed by atoms with E-state index in [4.69, 9.17) is 4.42 Å². The normalized spacial score (nSPS) is 12.6. The van der Waals surface area contributed by atoms with Gasteiger partial charge in [0, 0.05) is 33.0 Å². The minimum atomic E-state index is 0.976. The van der Waals surface area contributed by atoms with Gasteiger partial charge in [-0.1, -0.05) is 158 Å². The third kappa shape index (κ3) is 5.05. The van der Waals surface area contributed by atoms with Gasteiger partial charge in [0.15, 0.2) is 0 Å². The number of para-hydroxylation sites is 2. The standard InChI is InChI=1S/C56H37NO/c1-3-15-36(16-4-1)54-45-23-7-8-24-46(45)55(37-17-5-2-6-18-37)50-34-39(29-31-47(50)54)38-19-13-20-41(33-38)57-51-27-11-9-21-43(51)49-35-40(30-32-52(49)57)42-25-14-26-48-44-22-10-12-28-53(44)58-56(42)48/h1-9,11-21,23-35H,10,22H2. The van der Waals surface area contributed by atoms with Crippen LogP contribution in [-0.2, 0) is 6.42 Å². The van der Waals surface area contributed by atoms with Gasteiger partial charge in [0.1, 0.15) is 11.3 Å². The van der Waals surface area contributed by atoms with Crippen LogP contribution in [0.15, 0.2) is 199 Å². The molecule has 12 rings (SSSR count).